The van der Waals surface area contributed by atoms with Crippen molar-refractivity contribution in [1.29, 1.82) is 0 Å². The highest BCUT2D eigenvalue weighted by molar-refractivity contribution is 7.85. The van der Waals surface area contributed by atoms with E-state index in [-0.39, 0.29) is 5.41 Å². The van der Waals surface area contributed by atoms with Gasteiger partial charge in [0.15, 0.2) is 0 Å². The highest BCUT2D eigenvalue weighted by Gasteiger charge is 2.20. The normalized spacial score (nSPS) is 12.8. The molecule has 0 fully saturated rings. The van der Waals surface area contributed by atoms with Gasteiger partial charge in [0.25, 0.3) is 10.1 Å². The van der Waals surface area contributed by atoms with E-state index in [0.717, 1.165) is 12.1 Å². The van der Waals surface area contributed by atoms with Gasteiger partial charge in [-0.25, -0.2) is 4.79 Å². The van der Waals surface area contributed by atoms with E-state index in [1.54, 1.807) is 0 Å². The van der Waals surface area contributed by atoms with Gasteiger partial charge in [0.05, 0.1) is 6.26 Å². The zero-order chi connectivity index (χ0) is 17.4. The summed E-state index contributed by atoms with van der Waals surface area (Å²) in [6.07, 6.45) is 2.23. The molecule has 0 radical (unpaired) electrons. The minimum absolute atomic E-state index is 0.159. The summed E-state index contributed by atoms with van der Waals surface area (Å²) in [6, 6.07) is 8.95. The SMILES string of the molecule is CC(C)(C)CCC(Nc1ccccc1)C(=O)O.CS(=O)(=O)O. The molecule has 7 heteroatoms. The summed E-state index contributed by atoms with van der Waals surface area (Å²) in [7, 11) is -3.67. The third-order valence-electron chi connectivity index (χ3n) is 2.60. The number of carboxylic acid groups (broad SMARTS) is 1. The van der Waals surface area contributed by atoms with Gasteiger partial charge in [-0.05, 0) is 30.4 Å². The maximum atomic E-state index is 11.2. The quantitative estimate of drug-likeness (QED) is 0.717. The maximum Gasteiger partial charge on any atom is 0.326 e. The molecule has 0 aliphatic rings. The van der Waals surface area contributed by atoms with Crippen molar-refractivity contribution in [3.05, 3.63) is 30.3 Å². The number of aliphatic carboxylic acids is 1. The molecule has 1 rings (SSSR count). The Morgan fingerprint density at radius 2 is 1.68 bits per heavy atom. The van der Waals surface area contributed by atoms with Crippen molar-refractivity contribution in [1.82, 2.24) is 0 Å². The van der Waals surface area contributed by atoms with Crippen LogP contribution in [0.4, 0.5) is 5.69 Å². The van der Waals surface area contributed by atoms with E-state index in [4.69, 9.17) is 9.66 Å². The highest BCUT2D eigenvalue weighted by Crippen LogP contribution is 2.22. The van der Waals surface area contributed by atoms with Crippen LogP contribution in [0.5, 0.6) is 0 Å². The predicted molar refractivity (Wildman–Crippen MR) is 87.7 cm³/mol. The molecule has 1 aromatic rings. The Morgan fingerprint density at radius 1 is 1.23 bits per heavy atom. The van der Waals surface area contributed by atoms with Crippen LogP contribution in [0.3, 0.4) is 0 Å². The van der Waals surface area contributed by atoms with Crippen molar-refractivity contribution in [2.75, 3.05) is 11.6 Å². The molecule has 126 valence electrons. The minimum atomic E-state index is -3.67. The Balaban J connectivity index is 0.000000763. The molecule has 0 heterocycles. The van der Waals surface area contributed by atoms with E-state index < -0.39 is 22.1 Å². The van der Waals surface area contributed by atoms with Gasteiger partial charge in [-0.1, -0.05) is 39.0 Å². The fraction of sp³-hybridized carbons (Fsp3) is 0.533. The first-order chi connectivity index (χ1) is 9.88. The molecule has 0 saturated carbocycles. The number of hydrogen-bond acceptors (Lipinski definition) is 4. The monoisotopic (exact) mass is 331 g/mol. The van der Waals surface area contributed by atoms with Gasteiger partial charge in [0, 0.05) is 5.69 Å². The summed E-state index contributed by atoms with van der Waals surface area (Å²) in [6.45, 7) is 6.36. The van der Waals surface area contributed by atoms with Crippen LogP contribution < -0.4 is 5.32 Å². The Kier molecular flexibility index (Phi) is 8.11. The Hall–Kier alpha value is -1.60. The van der Waals surface area contributed by atoms with Gasteiger partial charge in [-0.3, -0.25) is 4.55 Å². The van der Waals surface area contributed by atoms with Crippen molar-refractivity contribution >= 4 is 21.8 Å². The molecule has 1 atom stereocenters. The average Bonchev–Trinajstić information content (AvgIpc) is 2.32. The molecule has 0 spiro atoms. The van der Waals surface area contributed by atoms with Crippen LogP contribution in [0.25, 0.3) is 0 Å². The lowest BCUT2D eigenvalue weighted by molar-refractivity contribution is -0.138. The maximum absolute atomic E-state index is 11.2. The number of para-hydroxylation sites is 1. The van der Waals surface area contributed by atoms with Crippen molar-refractivity contribution < 1.29 is 22.9 Å². The molecule has 0 bridgehead atoms. The summed E-state index contributed by atoms with van der Waals surface area (Å²) in [4.78, 5) is 11.2. The molecule has 22 heavy (non-hydrogen) atoms. The summed E-state index contributed by atoms with van der Waals surface area (Å²) in [5, 5.41) is 12.2. The summed E-state index contributed by atoms with van der Waals surface area (Å²) < 4.78 is 25.9. The van der Waals surface area contributed by atoms with E-state index in [1.807, 2.05) is 30.3 Å². The number of rotatable bonds is 5. The Bertz CT molecular complexity index is 541. The number of hydrogen-bond donors (Lipinski definition) is 3. The predicted octanol–water partition coefficient (Wildman–Crippen LogP) is 2.88. The van der Waals surface area contributed by atoms with E-state index in [2.05, 4.69) is 26.1 Å². The smallest absolute Gasteiger partial charge is 0.326 e. The third kappa shape index (κ3) is 13.4. The second kappa shape index (κ2) is 8.75. The van der Waals surface area contributed by atoms with Gasteiger partial charge in [0.2, 0.25) is 0 Å². The van der Waals surface area contributed by atoms with E-state index in [1.165, 1.54) is 0 Å². The van der Waals surface area contributed by atoms with Crippen LogP contribution in [0.15, 0.2) is 30.3 Å². The molecular weight excluding hydrogens is 306 g/mol. The summed E-state index contributed by atoms with van der Waals surface area (Å²) in [5.41, 5.74) is 1.01. The first-order valence-corrected chi connectivity index (χ1v) is 8.70. The van der Waals surface area contributed by atoms with Crippen molar-refractivity contribution in [3.63, 3.8) is 0 Å². The minimum Gasteiger partial charge on any atom is -0.480 e. The van der Waals surface area contributed by atoms with Crippen LogP contribution in [-0.2, 0) is 14.9 Å². The Labute approximate surface area is 132 Å². The van der Waals surface area contributed by atoms with Gasteiger partial charge in [-0.15, -0.1) is 0 Å². The van der Waals surface area contributed by atoms with Gasteiger partial charge in [-0.2, -0.15) is 8.42 Å². The highest BCUT2D eigenvalue weighted by atomic mass is 32.2. The fourth-order valence-electron chi connectivity index (χ4n) is 1.57. The molecule has 1 aromatic carbocycles. The number of carboxylic acids is 1. The van der Waals surface area contributed by atoms with Crippen molar-refractivity contribution in [2.24, 2.45) is 5.41 Å². The van der Waals surface area contributed by atoms with E-state index in [0.29, 0.717) is 12.7 Å². The number of anilines is 1. The lowest BCUT2D eigenvalue weighted by Crippen LogP contribution is -2.30. The van der Waals surface area contributed by atoms with Gasteiger partial charge >= 0.3 is 5.97 Å². The van der Waals surface area contributed by atoms with Crippen LogP contribution in [0.2, 0.25) is 0 Å². The lowest BCUT2D eigenvalue weighted by atomic mass is 9.88. The van der Waals surface area contributed by atoms with Crippen molar-refractivity contribution in [2.45, 2.75) is 39.7 Å². The van der Waals surface area contributed by atoms with Crippen molar-refractivity contribution in [3.8, 4) is 0 Å². The average molecular weight is 331 g/mol. The van der Waals surface area contributed by atoms with Crippen LogP contribution in [0, 0.1) is 5.41 Å². The topological polar surface area (TPSA) is 104 Å². The van der Waals surface area contributed by atoms with Gasteiger partial charge in [0.1, 0.15) is 6.04 Å². The van der Waals surface area contributed by atoms with Crippen LogP contribution in [-0.4, -0.2) is 36.3 Å². The first kappa shape index (κ1) is 20.4. The second-order valence-corrected chi connectivity index (χ2v) is 7.70. The van der Waals surface area contributed by atoms with E-state index >= 15 is 0 Å². The molecule has 0 saturated heterocycles. The summed E-state index contributed by atoms with van der Waals surface area (Å²) >= 11 is 0. The molecule has 0 aliphatic heterocycles. The van der Waals surface area contributed by atoms with Crippen LogP contribution in [0.1, 0.15) is 33.6 Å². The largest absolute Gasteiger partial charge is 0.480 e. The molecule has 6 nitrogen and oxygen atoms in total. The van der Waals surface area contributed by atoms with Crippen LogP contribution >= 0.6 is 0 Å². The zero-order valence-electron chi connectivity index (χ0n) is 13.4. The molecule has 0 aromatic heterocycles. The number of benzene rings is 1. The number of nitrogens with one attached hydrogen (secondary N) is 1. The van der Waals surface area contributed by atoms with Gasteiger partial charge < -0.3 is 10.4 Å². The standard InChI is InChI=1S/C14H21NO2.CH4O3S/c1-14(2,3)10-9-12(13(16)17)15-11-7-5-4-6-8-11;1-5(2,3)4/h4-8,12,15H,9-10H2,1-3H3,(H,16,17);1H3,(H,2,3,4). The zero-order valence-corrected chi connectivity index (χ0v) is 14.2. The molecule has 1 unspecified atom stereocenters. The number of carbonyl (C=O) groups is 1. The molecular formula is C15H25NO5S. The lowest BCUT2D eigenvalue weighted by Gasteiger charge is -2.22. The molecule has 3 N–H and O–H groups in total. The second-order valence-electron chi connectivity index (χ2n) is 6.23. The summed E-state index contributed by atoms with van der Waals surface area (Å²) in [5.74, 6) is -0.793. The fourth-order valence-corrected chi connectivity index (χ4v) is 1.57. The molecule has 0 amide bonds. The Morgan fingerprint density at radius 3 is 2.05 bits per heavy atom. The van der Waals surface area contributed by atoms with E-state index in [9.17, 15) is 13.2 Å². The third-order valence-corrected chi connectivity index (χ3v) is 2.60. The molecule has 0 aliphatic carbocycles. The first-order valence-electron chi connectivity index (χ1n) is 6.85.